The molecule has 1 saturated heterocycles. The molecule has 0 bridgehead atoms. The van der Waals surface area contributed by atoms with Crippen molar-refractivity contribution in [3.63, 3.8) is 0 Å². The van der Waals surface area contributed by atoms with Gasteiger partial charge in [0.15, 0.2) is 0 Å². The highest BCUT2D eigenvalue weighted by Crippen LogP contribution is 2.08. The number of ether oxygens (including phenoxy) is 2. The second-order valence-electron chi connectivity index (χ2n) is 3.89. The summed E-state index contributed by atoms with van der Waals surface area (Å²) in [7, 11) is 0. The molecule has 2 N–H and O–H groups in total. The molecule has 1 aromatic rings. The van der Waals surface area contributed by atoms with Crippen LogP contribution in [0.5, 0.6) is 0 Å². The third kappa shape index (κ3) is 2.81. The molecule has 1 atom stereocenters. The largest absolute Gasteiger partial charge is 0.456 e. The number of carbonyl (C=O) groups is 1. The second kappa shape index (κ2) is 5.09. The van der Waals surface area contributed by atoms with Crippen molar-refractivity contribution in [2.45, 2.75) is 18.6 Å². The molecule has 0 aliphatic carbocycles. The average Bonchev–Trinajstić information content (AvgIpc) is 2.24. The van der Waals surface area contributed by atoms with Crippen LogP contribution in [0.2, 0.25) is 0 Å². The summed E-state index contributed by atoms with van der Waals surface area (Å²) < 4.78 is 10.0. The highest BCUT2D eigenvalue weighted by molar-refractivity contribution is 5.76. The number of rotatable bonds is 4. The SMILES string of the molecule is N[C@@H](Cc1ccccc1)C(=O)OC1COC1. The minimum absolute atomic E-state index is 0.102. The summed E-state index contributed by atoms with van der Waals surface area (Å²) in [4.78, 5) is 11.5. The molecule has 1 aliphatic rings. The van der Waals surface area contributed by atoms with E-state index in [0.29, 0.717) is 19.6 Å². The maximum atomic E-state index is 11.5. The lowest BCUT2D eigenvalue weighted by Crippen LogP contribution is -2.43. The van der Waals surface area contributed by atoms with Crippen LogP contribution in [0.15, 0.2) is 30.3 Å². The lowest BCUT2D eigenvalue weighted by Gasteiger charge is -2.26. The first-order valence-electron chi connectivity index (χ1n) is 5.33. The minimum atomic E-state index is -0.594. The van der Waals surface area contributed by atoms with Crippen molar-refractivity contribution >= 4 is 5.97 Å². The Hall–Kier alpha value is -1.39. The van der Waals surface area contributed by atoms with E-state index in [1.807, 2.05) is 30.3 Å². The van der Waals surface area contributed by atoms with E-state index in [9.17, 15) is 4.79 Å². The van der Waals surface area contributed by atoms with Crippen LogP contribution < -0.4 is 5.73 Å². The van der Waals surface area contributed by atoms with Gasteiger partial charge in [-0.1, -0.05) is 30.3 Å². The third-order valence-corrected chi connectivity index (χ3v) is 2.49. The van der Waals surface area contributed by atoms with Crippen LogP contribution in [0.4, 0.5) is 0 Å². The predicted octanol–water partition coefficient (Wildman–Crippen LogP) is 0.498. The summed E-state index contributed by atoms with van der Waals surface area (Å²) in [6.45, 7) is 0.980. The molecule has 1 aromatic carbocycles. The molecule has 16 heavy (non-hydrogen) atoms. The van der Waals surface area contributed by atoms with Crippen molar-refractivity contribution in [2.24, 2.45) is 5.73 Å². The van der Waals surface area contributed by atoms with Crippen LogP contribution >= 0.6 is 0 Å². The third-order valence-electron chi connectivity index (χ3n) is 2.49. The number of hydrogen-bond donors (Lipinski definition) is 1. The minimum Gasteiger partial charge on any atom is -0.456 e. The van der Waals surface area contributed by atoms with Crippen LogP contribution in [0.25, 0.3) is 0 Å². The normalized spacial score (nSPS) is 17.6. The second-order valence-corrected chi connectivity index (χ2v) is 3.89. The lowest BCUT2D eigenvalue weighted by molar-refractivity contribution is -0.173. The summed E-state index contributed by atoms with van der Waals surface area (Å²) in [5.74, 6) is -0.350. The monoisotopic (exact) mass is 221 g/mol. The van der Waals surface area contributed by atoms with Gasteiger partial charge in [0.2, 0.25) is 0 Å². The molecule has 0 saturated carbocycles. The van der Waals surface area contributed by atoms with Crippen molar-refractivity contribution < 1.29 is 14.3 Å². The van der Waals surface area contributed by atoms with Gasteiger partial charge >= 0.3 is 5.97 Å². The predicted molar refractivity (Wildman–Crippen MR) is 58.8 cm³/mol. The maximum absolute atomic E-state index is 11.5. The summed E-state index contributed by atoms with van der Waals surface area (Å²) in [6.07, 6.45) is 0.405. The van der Waals surface area contributed by atoms with Crippen molar-refractivity contribution in [2.75, 3.05) is 13.2 Å². The van der Waals surface area contributed by atoms with Gasteiger partial charge in [0, 0.05) is 0 Å². The summed E-state index contributed by atoms with van der Waals surface area (Å²) in [5.41, 5.74) is 6.80. The van der Waals surface area contributed by atoms with Gasteiger partial charge < -0.3 is 15.2 Å². The van der Waals surface area contributed by atoms with Crippen LogP contribution in [-0.2, 0) is 20.7 Å². The molecule has 1 fully saturated rings. The van der Waals surface area contributed by atoms with Gasteiger partial charge in [0.1, 0.15) is 12.1 Å². The van der Waals surface area contributed by atoms with Crippen LogP contribution in [0.3, 0.4) is 0 Å². The molecule has 0 spiro atoms. The van der Waals surface area contributed by atoms with Crippen LogP contribution in [0, 0.1) is 0 Å². The number of hydrogen-bond acceptors (Lipinski definition) is 4. The molecule has 2 rings (SSSR count). The van der Waals surface area contributed by atoms with Crippen LogP contribution in [0.1, 0.15) is 5.56 Å². The molecule has 1 heterocycles. The topological polar surface area (TPSA) is 61.6 Å². The van der Waals surface area contributed by atoms with Crippen molar-refractivity contribution in [3.05, 3.63) is 35.9 Å². The summed E-state index contributed by atoms with van der Waals surface area (Å²) in [5, 5.41) is 0. The fourth-order valence-corrected chi connectivity index (χ4v) is 1.49. The molecule has 4 nitrogen and oxygen atoms in total. The van der Waals surface area contributed by atoms with Gasteiger partial charge in [-0.2, -0.15) is 0 Å². The van der Waals surface area contributed by atoms with E-state index in [2.05, 4.69) is 0 Å². The zero-order chi connectivity index (χ0) is 11.4. The molecule has 1 aliphatic heterocycles. The van der Waals surface area contributed by atoms with Crippen LogP contribution in [-0.4, -0.2) is 31.3 Å². The molecule has 4 heteroatoms. The zero-order valence-corrected chi connectivity index (χ0v) is 8.96. The molecular formula is C12H15NO3. The Balaban J connectivity index is 1.82. The number of nitrogens with two attached hydrogens (primary N) is 1. The first-order valence-corrected chi connectivity index (χ1v) is 5.33. The number of carbonyl (C=O) groups excluding carboxylic acids is 1. The Morgan fingerprint density at radius 1 is 1.44 bits per heavy atom. The molecule has 0 unspecified atom stereocenters. The Labute approximate surface area is 94.3 Å². The zero-order valence-electron chi connectivity index (χ0n) is 8.96. The number of esters is 1. The molecule has 0 amide bonds. The van der Waals surface area contributed by atoms with Crippen molar-refractivity contribution in [1.29, 1.82) is 0 Å². The van der Waals surface area contributed by atoms with Gasteiger partial charge in [-0.3, -0.25) is 4.79 Å². The lowest BCUT2D eigenvalue weighted by atomic mass is 10.1. The van der Waals surface area contributed by atoms with Gasteiger partial charge in [0.05, 0.1) is 13.2 Å². The van der Waals surface area contributed by atoms with E-state index in [4.69, 9.17) is 15.2 Å². The van der Waals surface area contributed by atoms with Gasteiger partial charge in [-0.25, -0.2) is 0 Å². The Bertz CT molecular complexity index is 349. The van der Waals surface area contributed by atoms with Gasteiger partial charge in [-0.05, 0) is 12.0 Å². The summed E-state index contributed by atoms with van der Waals surface area (Å²) in [6, 6.07) is 9.07. The number of benzene rings is 1. The van der Waals surface area contributed by atoms with E-state index < -0.39 is 6.04 Å². The maximum Gasteiger partial charge on any atom is 0.323 e. The van der Waals surface area contributed by atoms with Crippen molar-refractivity contribution in [3.8, 4) is 0 Å². The fourth-order valence-electron chi connectivity index (χ4n) is 1.49. The van der Waals surface area contributed by atoms with E-state index in [1.54, 1.807) is 0 Å². The molecule has 86 valence electrons. The van der Waals surface area contributed by atoms with E-state index in [1.165, 1.54) is 0 Å². The van der Waals surface area contributed by atoms with Crippen molar-refractivity contribution in [1.82, 2.24) is 0 Å². The van der Waals surface area contributed by atoms with Gasteiger partial charge in [-0.15, -0.1) is 0 Å². The highest BCUT2D eigenvalue weighted by atomic mass is 16.6. The fraction of sp³-hybridized carbons (Fsp3) is 0.417. The molecule has 0 radical (unpaired) electrons. The Morgan fingerprint density at radius 3 is 2.69 bits per heavy atom. The first-order chi connectivity index (χ1) is 7.75. The van der Waals surface area contributed by atoms with E-state index in [0.717, 1.165) is 5.56 Å². The smallest absolute Gasteiger partial charge is 0.323 e. The molecule has 0 aromatic heterocycles. The Morgan fingerprint density at radius 2 is 2.12 bits per heavy atom. The molecular weight excluding hydrogens is 206 g/mol. The van der Waals surface area contributed by atoms with E-state index in [-0.39, 0.29) is 12.1 Å². The average molecular weight is 221 g/mol. The highest BCUT2D eigenvalue weighted by Gasteiger charge is 2.25. The summed E-state index contributed by atoms with van der Waals surface area (Å²) >= 11 is 0. The standard InChI is InChI=1S/C12H15NO3/c13-11(6-9-4-2-1-3-5-9)12(14)16-10-7-15-8-10/h1-5,10-11H,6-8,13H2/t11-/m0/s1. The Kier molecular flexibility index (Phi) is 3.54. The first kappa shape index (κ1) is 11.1. The van der Waals surface area contributed by atoms with E-state index >= 15 is 0 Å². The quantitative estimate of drug-likeness (QED) is 0.752. The van der Waals surface area contributed by atoms with Gasteiger partial charge in [0.25, 0.3) is 0 Å².